The minimum atomic E-state index is -4.24. The fourth-order valence-corrected chi connectivity index (χ4v) is 4.29. The smallest absolute Gasteiger partial charge is 0.250 e. The summed E-state index contributed by atoms with van der Waals surface area (Å²) in [5.74, 6) is -1.01. The number of hydrogen-bond acceptors (Lipinski definition) is 5. The van der Waals surface area contributed by atoms with Crippen molar-refractivity contribution in [2.75, 3.05) is 0 Å². The first kappa shape index (κ1) is 18.0. The van der Waals surface area contributed by atoms with Gasteiger partial charge in [0.25, 0.3) is 9.05 Å². The first-order valence-corrected chi connectivity index (χ1v) is 7.51. The van der Waals surface area contributed by atoms with E-state index in [1.54, 1.807) is 0 Å². The first-order chi connectivity index (χ1) is 7.63. The standard InChI is InChI=1S/C10H11ClO4S2.Zn/c1-6(12)8-3-4-9(16)10(5-8,7(2)13)17(11,14)15;/h3-5,9,16H,1-2H3;. The number of allylic oxidation sites excluding steroid dienone is 2. The summed E-state index contributed by atoms with van der Waals surface area (Å²) in [6.07, 6.45) is 3.89. The van der Waals surface area contributed by atoms with Crippen molar-refractivity contribution in [2.45, 2.75) is 23.8 Å². The van der Waals surface area contributed by atoms with Crippen LogP contribution < -0.4 is 0 Å². The monoisotopic (exact) mass is 358 g/mol. The molecular weight excluding hydrogens is 349 g/mol. The van der Waals surface area contributed by atoms with E-state index in [9.17, 15) is 18.0 Å². The molecule has 0 aliphatic heterocycles. The van der Waals surface area contributed by atoms with E-state index in [0.29, 0.717) is 0 Å². The molecule has 0 spiro atoms. The number of carbonyl (C=O) groups is 2. The molecule has 0 saturated heterocycles. The van der Waals surface area contributed by atoms with E-state index in [0.717, 1.165) is 13.0 Å². The number of carbonyl (C=O) groups excluding carboxylic acids is 2. The van der Waals surface area contributed by atoms with Gasteiger partial charge in [0.2, 0.25) is 0 Å². The average molecular weight is 360 g/mol. The Balaban J connectivity index is 0.00000289. The van der Waals surface area contributed by atoms with E-state index in [-0.39, 0.29) is 30.8 Å². The van der Waals surface area contributed by atoms with Gasteiger partial charge in [0, 0.05) is 35.7 Å². The quantitative estimate of drug-likeness (QED) is 0.468. The zero-order valence-electron chi connectivity index (χ0n) is 9.88. The van der Waals surface area contributed by atoms with Crippen molar-refractivity contribution in [3.05, 3.63) is 23.8 Å². The van der Waals surface area contributed by atoms with E-state index < -0.39 is 24.8 Å². The normalized spacial score (nSPS) is 27.1. The molecule has 4 nitrogen and oxygen atoms in total. The van der Waals surface area contributed by atoms with Crippen molar-refractivity contribution >= 4 is 43.9 Å². The zero-order chi connectivity index (χ0) is 13.4. The third kappa shape index (κ3) is 2.95. The van der Waals surface area contributed by atoms with Crippen LogP contribution in [0.15, 0.2) is 23.8 Å². The molecule has 0 amide bonds. The van der Waals surface area contributed by atoms with Crippen LogP contribution in [-0.2, 0) is 38.1 Å². The van der Waals surface area contributed by atoms with Crippen molar-refractivity contribution < 1.29 is 37.5 Å². The SMILES string of the molecule is CC(=O)C1=CC(C(C)=O)(S(=O)(=O)Cl)C(S)C=C1.[Zn]. The van der Waals surface area contributed by atoms with Gasteiger partial charge in [0.05, 0.1) is 5.25 Å². The van der Waals surface area contributed by atoms with Crippen LogP contribution in [0.1, 0.15) is 13.8 Å². The Labute approximate surface area is 128 Å². The molecule has 0 heterocycles. The molecule has 1 aliphatic rings. The fraction of sp³-hybridized carbons (Fsp3) is 0.400. The minimum Gasteiger partial charge on any atom is -0.298 e. The Morgan fingerprint density at radius 1 is 1.39 bits per heavy atom. The third-order valence-corrected chi connectivity index (χ3v) is 5.61. The van der Waals surface area contributed by atoms with Gasteiger partial charge in [-0.05, 0) is 19.9 Å². The van der Waals surface area contributed by atoms with Gasteiger partial charge in [-0.2, -0.15) is 12.6 Å². The van der Waals surface area contributed by atoms with E-state index in [2.05, 4.69) is 12.6 Å². The van der Waals surface area contributed by atoms with Gasteiger partial charge in [-0.1, -0.05) is 12.2 Å². The fourth-order valence-electron chi connectivity index (χ4n) is 1.62. The Morgan fingerprint density at radius 3 is 2.22 bits per heavy atom. The predicted molar refractivity (Wildman–Crippen MR) is 68.9 cm³/mol. The zero-order valence-corrected chi connectivity index (χ0v) is 15.3. The maximum atomic E-state index is 11.6. The second-order valence-electron chi connectivity index (χ2n) is 3.75. The summed E-state index contributed by atoms with van der Waals surface area (Å²) >= 11 is 4.06. The van der Waals surface area contributed by atoms with E-state index >= 15 is 0 Å². The van der Waals surface area contributed by atoms with Crippen LogP contribution in [0.25, 0.3) is 0 Å². The number of Topliss-reactive ketones (excluding diaryl/α,β-unsaturated/α-hetero) is 2. The molecule has 18 heavy (non-hydrogen) atoms. The topological polar surface area (TPSA) is 68.3 Å². The second kappa shape index (κ2) is 5.99. The minimum absolute atomic E-state index is 0. The van der Waals surface area contributed by atoms with Gasteiger partial charge in [0.15, 0.2) is 16.3 Å². The molecule has 0 bridgehead atoms. The molecule has 0 N–H and O–H groups in total. The number of halogens is 1. The van der Waals surface area contributed by atoms with E-state index in [1.165, 1.54) is 19.1 Å². The molecule has 0 saturated carbocycles. The van der Waals surface area contributed by atoms with Crippen LogP contribution in [0.2, 0.25) is 0 Å². The van der Waals surface area contributed by atoms with Crippen molar-refractivity contribution in [3.63, 3.8) is 0 Å². The molecule has 0 aromatic heterocycles. The van der Waals surface area contributed by atoms with Gasteiger partial charge in [-0.3, -0.25) is 9.59 Å². The van der Waals surface area contributed by atoms with Gasteiger partial charge in [-0.25, -0.2) is 8.42 Å². The molecular formula is C10H11ClO4S2Zn. The summed E-state index contributed by atoms with van der Waals surface area (Å²) < 4.78 is 21.3. The third-order valence-electron chi connectivity index (χ3n) is 2.63. The molecule has 2 unspecified atom stereocenters. The Morgan fingerprint density at radius 2 is 1.89 bits per heavy atom. The molecule has 0 fully saturated rings. The molecule has 96 valence electrons. The van der Waals surface area contributed by atoms with Gasteiger partial charge in [0.1, 0.15) is 0 Å². The Hall–Kier alpha value is 0.0334. The molecule has 1 aliphatic carbocycles. The molecule has 0 aromatic rings. The second-order valence-corrected chi connectivity index (χ2v) is 7.07. The average Bonchev–Trinajstić information content (AvgIpc) is 2.15. The van der Waals surface area contributed by atoms with Crippen molar-refractivity contribution in [3.8, 4) is 0 Å². The van der Waals surface area contributed by atoms with Crippen molar-refractivity contribution in [1.82, 2.24) is 0 Å². The van der Waals surface area contributed by atoms with Gasteiger partial charge in [-0.15, -0.1) is 0 Å². The van der Waals surface area contributed by atoms with Crippen molar-refractivity contribution in [2.24, 2.45) is 0 Å². The van der Waals surface area contributed by atoms with E-state index in [4.69, 9.17) is 10.7 Å². The maximum absolute atomic E-state index is 11.6. The summed E-state index contributed by atoms with van der Waals surface area (Å²) in [6, 6.07) is 0. The van der Waals surface area contributed by atoms with Crippen LogP contribution in [0.3, 0.4) is 0 Å². The summed E-state index contributed by atoms with van der Waals surface area (Å²) in [5, 5.41) is -0.911. The number of ketones is 2. The van der Waals surface area contributed by atoms with Crippen LogP contribution in [0, 0.1) is 0 Å². The Kier molecular flexibility index (Phi) is 6.00. The van der Waals surface area contributed by atoms with Crippen molar-refractivity contribution in [1.29, 1.82) is 0 Å². The predicted octanol–water partition coefficient (Wildman–Crippen LogP) is 1.26. The maximum Gasteiger partial charge on any atom is 0.250 e. The molecule has 1 rings (SSSR count). The van der Waals surface area contributed by atoms with Crippen LogP contribution in [0.4, 0.5) is 0 Å². The number of thiol groups is 1. The Bertz CT molecular complexity index is 538. The number of rotatable bonds is 3. The summed E-state index contributed by atoms with van der Waals surface area (Å²) in [4.78, 5) is 22.9. The van der Waals surface area contributed by atoms with Crippen LogP contribution in [-0.4, -0.2) is 30.0 Å². The molecule has 0 aromatic carbocycles. The van der Waals surface area contributed by atoms with E-state index in [1.807, 2.05) is 0 Å². The first-order valence-electron chi connectivity index (χ1n) is 4.68. The molecule has 8 heteroatoms. The molecule has 0 radical (unpaired) electrons. The summed E-state index contributed by atoms with van der Waals surface area (Å²) in [7, 11) is 1.11. The molecule has 2 atom stereocenters. The number of hydrogen-bond donors (Lipinski definition) is 1. The van der Waals surface area contributed by atoms with Gasteiger partial charge < -0.3 is 0 Å². The summed E-state index contributed by atoms with van der Waals surface area (Å²) in [6.45, 7) is 2.39. The summed E-state index contributed by atoms with van der Waals surface area (Å²) in [5.41, 5.74) is 0.134. The van der Waals surface area contributed by atoms with Crippen LogP contribution >= 0.6 is 23.3 Å². The van der Waals surface area contributed by atoms with Crippen LogP contribution in [0.5, 0.6) is 0 Å². The largest absolute Gasteiger partial charge is 0.298 e. The van der Waals surface area contributed by atoms with Gasteiger partial charge >= 0.3 is 0 Å².